The van der Waals surface area contributed by atoms with Gasteiger partial charge in [-0.25, -0.2) is 0 Å². The van der Waals surface area contributed by atoms with Crippen LogP contribution in [0, 0.1) is 12.8 Å². The molecule has 0 aliphatic carbocycles. The molecule has 178 valence electrons. The van der Waals surface area contributed by atoms with Gasteiger partial charge in [-0.05, 0) is 31.7 Å². The zero-order valence-electron chi connectivity index (χ0n) is 21.7. The monoisotopic (exact) mass is 557 g/mol. The molecule has 1 saturated heterocycles. The van der Waals surface area contributed by atoms with Gasteiger partial charge in [0.05, 0.1) is 6.04 Å². The van der Waals surface area contributed by atoms with Crippen molar-refractivity contribution < 1.29 is 78.5 Å². The number of piperazine rings is 1. The van der Waals surface area contributed by atoms with E-state index in [9.17, 15) is 9.59 Å². The minimum absolute atomic E-state index is 0. The van der Waals surface area contributed by atoms with Crippen LogP contribution in [0.1, 0.15) is 98.3 Å². The van der Waals surface area contributed by atoms with Crippen molar-refractivity contribution >= 4 is 11.7 Å². The van der Waals surface area contributed by atoms with Crippen molar-refractivity contribution in [3.63, 3.8) is 0 Å². The van der Waals surface area contributed by atoms with Crippen LogP contribution in [0.25, 0.3) is 0 Å². The Kier molecular flexibility index (Phi) is 22.6. The first-order chi connectivity index (χ1) is 13.8. The van der Waals surface area contributed by atoms with Crippen molar-refractivity contribution in [3.8, 4) is 0 Å². The number of carbonyl (C=O) groups is 2. The molecule has 1 aliphatic heterocycles. The normalized spacial score (nSPS) is 15.5. The summed E-state index contributed by atoms with van der Waals surface area (Å²) >= 11 is 0. The molecule has 5 nitrogen and oxygen atoms in total. The van der Waals surface area contributed by atoms with Crippen LogP contribution in [-0.2, 0) is 9.59 Å². The Morgan fingerprint density at radius 3 is 1.77 bits per heavy atom. The standard InChI is InChI=1S/C24H47N3O2.CH3.Cs/c1-21(28)23(24(2,3)4)26-22(29)15-13-11-9-7-5-6-8-10-12-14-18-27-19-16-25-17-20-27;;/h23,25H,5-20H2,1-4H3,(H,26,29);1H3;/q;-1;+1. The molecule has 0 spiro atoms. The number of nitrogens with zero attached hydrogens (tertiary/aromatic N) is 1. The average Bonchev–Trinajstić information content (AvgIpc) is 2.66. The van der Waals surface area contributed by atoms with Gasteiger partial charge in [-0.2, -0.15) is 0 Å². The van der Waals surface area contributed by atoms with Crippen LogP contribution in [0.15, 0.2) is 0 Å². The largest absolute Gasteiger partial charge is 1.00 e. The topological polar surface area (TPSA) is 61.4 Å². The molecule has 2 N–H and O–H groups in total. The van der Waals surface area contributed by atoms with Gasteiger partial charge in [-0.3, -0.25) is 9.59 Å². The summed E-state index contributed by atoms with van der Waals surface area (Å²) in [6, 6.07) is -0.383. The maximum absolute atomic E-state index is 12.1. The fourth-order valence-electron chi connectivity index (χ4n) is 4.13. The first kappa shape index (κ1) is 34.3. The summed E-state index contributed by atoms with van der Waals surface area (Å²) in [6.45, 7) is 13.6. The van der Waals surface area contributed by atoms with Crippen LogP contribution in [0.4, 0.5) is 0 Å². The minimum atomic E-state index is -0.383. The number of unbranched alkanes of at least 4 members (excludes halogenated alkanes) is 9. The zero-order chi connectivity index (χ0) is 21.5. The Morgan fingerprint density at radius 1 is 0.871 bits per heavy atom. The quantitative estimate of drug-likeness (QED) is 0.238. The summed E-state index contributed by atoms with van der Waals surface area (Å²) < 4.78 is 0. The SMILES string of the molecule is CC(=O)C(NC(=O)CCCCCCCCCCCCN1CCNCC1)C(C)(C)C.[CH3-].[Cs+]. The molecule has 6 heteroatoms. The molecule has 0 saturated carbocycles. The second-order valence-electron chi connectivity index (χ2n) is 9.85. The number of nitrogens with one attached hydrogen (secondary N) is 2. The van der Waals surface area contributed by atoms with E-state index in [0.717, 1.165) is 25.9 Å². The molecule has 1 heterocycles. The first-order valence-corrected chi connectivity index (χ1v) is 12.0. The smallest absolute Gasteiger partial charge is 0.358 e. The summed E-state index contributed by atoms with van der Waals surface area (Å²) in [6.07, 6.45) is 13.2. The van der Waals surface area contributed by atoms with Crippen molar-refractivity contribution in [2.24, 2.45) is 5.41 Å². The van der Waals surface area contributed by atoms with Gasteiger partial charge in [-0.1, -0.05) is 72.1 Å². The summed E-state index contributed by atoms with van der Waals surface area (Å²) in [5.74, 6) is 0.0515. The summed E-state index contributed by atoms with van der Waals surface area (Å²) in [5.41, 5.74) is -0.230. The Bertz CT molecular complexity index is 460. The second-order valence-corrected chi connectivity index (χ2v) is 9.85. The van der Waals surface area contributed by atoms with E-state index < -0.39 is 0 Å². The van der Waals surface area contributed by atoms with Gasteiger partial charge < -0.3 is 23.0 Å². The van der Waals surface area contributed by atoms with E-state index in [1.165, 1.54) is 71.0 Å². The van der Waals surface area contributed by atoms with Gasteiger partial charge in [0.15, 0.2) is 5.78 Å². The van der Waals surface area contributed by atoms with Crippen molar-refractivity contribution in [1.29, 1.82) is 0 Å². The molecule has 0 aromatic rings. The summed E-state index contributed by atoms with van der Waals surface area (Å²) in [5, 5.41) is 6.32. The van der Waals surface area contributed by atoms with Crippen molar-refractivity contribution in [3.05, 3.63) is 7.43 Å². The van der Waals surface area contributed by atoms with Gasteiger partial charge in [0.25, 0.3) is 0 Å². The third kappa shape index (κ3) is 18.2. The Morgan fingerprint density at radius 2 is 1.32 bits per heavy atom. The Balaban J connectivity index is 0. The fourth-order valence-corrected chi connectivity index (χ4v) is 4.13. The van der Waals surface area contributed by atoms with Gasteiger partial charge in [0.1, 0.15) is 0 Å². The molecule has 31 heavy (non-hydrogen) atoms. The number of Topliss-reactive ketones (excluding diaryl/α,β-unsaturated/α-hetero) is 1. The van der Waals surface area contributed by atoms with E-state index in [0.29, 0.717) is 6.42 Å². The molecule has 1 rings (SSSR count). The van der Waals surface area contributed by atoms with E-state index >= 15 is 0 Å². The Labute approximate surface area is 252 Å². The molecule has 0 bridgehead atoms. The predicted molar refractivity (Wildman–Crippen MR) is 129 cm³/mol. The van der Waals surface area contributed by atoms with E-state index in [1.54, 1.807) is 6.92 Å². The maximum Gasteiger partial charge on any atom is 1.00 e. The molecule has 0 aromatic carbocycles. The number of amides is 1. The number of hydrogen-bond acceptors (Lipinski definition) is 4. The van der Waals surface area contributed by atoms with Crippen molar-refractivity contribution in [2.75, 3.05) is 32.7 Å². The van der Waals surface area contributed by atoms with Gasteiger partial charge in [0.2, 0.25) is 5.91 Å². The van der Waals surface area contributed by atoms with Crippen molar-refractivity contribution in [2.45, 2.75) is 104 Å². The molecule has 1 amide bonds. The number of hydrogen-bond donors (Lipinski definition) is 2. The van der Waals surface area contributed by atoms with E-state index in [2.05, 4.69) is 15.5 Å². The van der Waals surface area contributed by atoms with Crippen molar-refractivity contribution in [1.82, 2.24) is 15.5 Å². The number of ketones is 1. The van der Waals surface area contributed by atoms with E-state index in [-0.39, 0.29) is 99.5 Å². The fraction of sp³-hybridized carbons (Fsp3) is 0.880. The molecule has 0 aromatic heterocycles. The number of carbonyl (C=O) groups excluding carboxylic acids is 2. The maximum atomic E-state index is 12.1. The van der Waals surface area contributed by atoms with Gasteiger partial charge in [-0.15, -0.1) is 0 Å². The third-order valence-corrected chi connectivity index (χ3v) is 5.92. The van der Waals surface area contributed by atoms with Gasteiger partial charge >= 0.3 is 68.9 Å². The molecule has 1 aliphatic rings. The molecule has 0 radical (unpaired) electrons. The minimum Gasteiger partial charge on any atom is -0.358 e. The second kappa shape index (κ2) is 20.5. The van der Waals surface area contributed by atoms with E-state index in [1.807, 2.05) is 20.8 Å². The average molecular weight is 558 g/mol. The summed E-state index contributed by atoms with van der Waals surface area (Å²) in [7, 11) is 0. The Hall–Kier alpha value is 1.11. The predicted octanol–water partition coefficient (Wildman–Crippen LogP) is 1.76. The van der Waals surface area contributed by atoms with Crippen LogP contribution in [-0.4, -0.2) is 55.4 Å². The van der Waals surface area contributed by atoms with Crippen LogP contribution >= 0.6 is 0 Å². The van der Waals surface area contributed by atoms with E-state index in [4.69, 9.17) is 0 Å². The van der Waals surface area contributed by atoms with Gasteiger partial charge in [0, 0.05) is 32.6 Å². The molecule has 1 unspecified atom stereocenters. The molecule has 1 atom stereocenters. The first-order valence-electron chi connectivity index (χ1n) is 12.0. The number of rotatable bonds is 15. The third-order valence-electron chi connectivity index (χ3n) is 5.92. The van der Waals surface area contributed by atoms with Crippen LogP contribution < -0.4 is 79.5 Å². The molecule has 1 fully saturated rings. The zero-order valence-corrected chi connectivity index (χ0v) is 27.9. The van der Waals surface area contributed by atoms with Crippen LogP contribution in [0.3, 0.4) is 0 Å². The van der Waals surface area contributed by atoms with Crippen LogP contribution in [0.5, 0.6) is 0 Å². The molecular formula is C25H50CsN3O2. The molecular weight excluding hydrogens is 507 g/mol. The summed E-state index contributed by atoms with van der Waals surface area (Å²) in [4.78, 5) is 26.4. The van der Waals surface area contributed by atoms with Crippen LogP contribution in [0.2, 0.25) is 0 Å².